The van der Waals surface area contributed by atoms with Crippen molar-refractivity contribution in [3.8, 4) is 0 Å². The summed E-state index contributed by atoms with van der Waals surface area (Å²) in [5, 5.41) is 2.58. The zero-order valence-corrected chi connectivity index (χ0v) is 16.8. The third-order valence-electron chi connectivity index (χ3n) is 4.76. The van der Waals surface area contributed by atoms with Gasteiger partial charge in [-0.2, -0.15) is 13.2 Å². The number of aromatic nitrogens is 1. The molecule has 0 spiro atoms. The van der Waals surface area contributed by atoms with Crippen molar-refractivity contribution >= 4 is 28.7 Å². The van der Waals surface area contributed by atoms with Gasteiger partial charge in [0, 0.05) is 6.92 Å². The van der Waals surface area contributed by atoms with Crippen molar-refractivity contribution in [3.63, 3.8) is 0 Å². The molecular formula is C21H21ClF4N2O. The van der Waals surface area contributed by atoms with Gasteiger partial charge in [0.15, 0.2) is 0 Å². The first kappa shape index (κ1) is 22.9. The second kappa shape index (κ2) is 8.53. The van der Waals surface area contributed by atoms with Crippen LogP contribution in [0, 0.1) is 0 Å². The quantitative estimate of drug-likeness (QED) is 0.434. The number of rotatable bonds is 6. The molecule has 1 aromatic rings. The van der Waals surface area contributed by atoms with Gasteiger partial charge in [0.05, 0.1) is 27.5 Å². The minimum absolute atomic E-state index is 0.0848. The van der Waals surface area contributed by atoms with Crippen molar-refractivity contribution < 1.29 is 22.4 Å². The van der Waals surface area contributed by atoms with Crippen LogP contribution in [0.2, 0.25) is 0 Å². The van der Waals surface area contributed by atoms with Crippen LogP contribution in [0.25, 0.3) is 11.1 Å². The molecule has 156 valence electrons. The van der Waals surface area contributed by atoms with E-state index in [1.54, 1.807) is 6.07 Å². The Kier molecular flexibility index (Phi) is 6.73. The lowest BCUT2D eigenvalue weighted by molar-refractivity contribution is -0.122. The van der Waals surface area contributed by atoms with Crippen LogP contribution in [0.4, 0.5) is 17.6 Å². The van der Waals surface area contributed by atoms with Gasteiger partial charge in [-0.15, -0.1) is 0 Å². The van der Waals surface area contributed by atoms with Crippen molar-refractivity contribution in [3.05, 3.63) is 65.3 Å². The Morgan fingerprint density at radius 2 is 1.86 bits per heavy atom. The molecule has 0 bridgehead atoms. The number of nitrogens with one attached hydrogen (secondary N) is 1. The second-order valence-corrected chi connectivity index (χ2v) is 7.28. The first-order valence-corrected chi connectivity index (χ1v) is 9.24. The average Bonchev–Trinajstić information content (AvgIpc) is 2.61. The average molecular weight is 429 g/mol. The van der Waals surface area contributed by atoms with E-state index in [0.717, 1.165) is 12.5 Å². The van der Waals surface area contributed by atoms with Gasteiger partial charge < -0.3 is 5.32 Å². The molecule has 1 aromatic heterocycles. The maximum absolute atomic E-state index is 13.6. The molecular weight excluding hydrogens is 408 g/mol. The zero-order valence-electron chi connectivity index (χ0n) is 16.1. The monoisotopic (exact) mass is 428 g/mol. The first-order valence-electron chi connectivity index (χ1n) is 8.86. The number of amides is 1. The molecule has 1 aliphatic rings. The van der Waals surface area contributed by atoms with Crippen LogP contribution in [0.15, 0.2) is 48.3 Å². The van der Waals surface area contributed by atoms with Crippen molar-refractivity contribution in [2.24, 2.45) is 0 Å². The molecule has 1 aliphatic carbocycles. The van der Waals surface area contributed by atoms with Gasteiger partial charge in [-0.25, -0.2) is 9.37 Å². The Balaban J connectivity index is 2.61. The number of nitrogens with zero attached hydrogens (tertiary/aromatic N) is 1. The topological polar surface area (TPSA) is 42.0 Å². The van der Waals surface area contributed by atoms with Crippen LogP contribution in [0.1, 0.15) is 50.1 Å². The predicted octanol–water partition coefficient (Wildman–Crippen LogP) is 6.18. The molecule has 3 nitrogen and oxygen atoms in total. The molecule has 0 aromatic carbocycles. The summed E-state index contributed by atoms with van der Waals surface area (Å²) in [6.45, 7) is 9.67. The molecule has 1 saturated carbocycles. The minimum atomic E-state index is -4.68. The lowest BCUT2D eigenvalue weighted by Crippen LogP contribution is -2.50. The Hall–Kier alpha value is -2.41. The minimum Gasteiger partial charge on any atom is -0.347 e. The molecule has 1 fully saturated rings. The number of hydrogen-bond acceptors (Lipinski definition) is 2. The molecule has 0 saturated heterocycles. The van der Waals surface area contributed by atoms with Crippen LogP contribution in [-0.2, 0) is 10.3 Å². The highest BCUT2D eigenvalue weighted by atomic mass is 35.5. The highest BCUT2D eigenvalue weighted by Crippen LogP contribution is 2.43. The number of allylic oxidation sites excluding steroid dienone is 6. The fourth-order valence-electron chi connectivity index (χ4n) is 3.06. The summed E-state index contributed by atoms with van der Waals surface area (Å²) in [5.41, 5.74) is -1.63. The number of carbonyl (C=O) groups is 1. The maximum atomic E-state index is 13.6. The lowest BCUT2D eigenvalue weighted by atomic mass is 9.71. The Labute approximate surface area is 171 Å². The van der Waals surface area contributed by atoms with Crippen LogP contribution < -0.4 is 5.32 Å². The van der Waals surface area contributed by atoms with E-state index in [2.05, 4.69) is 23.5 Å². The molecule has 1 N–H and O–H groups in total. The van der Waals surface area contributed by atoms with Crippen molar-refractivity contribution in [2.45, 2.75) is 44.8 Å². The number of alkyl halides is 3. The van der Waals surface area contributed by atoms with Gasteiger partial charge in [0.25, 0.3) is 0 Å². The number of halogens is 5. The highest BCUT2D eigenvalue weighted by Gasteiger charge is 2.41. The summed E-state index contributed by atoms with van der Waals surface area (Å²) in [6.07, 6.45) is -0.390. The Morgan fingerprint density at radius 1 is 1.28 bits per heavy atom. The molecule has 0 atom stereocenters. The van der Waals surface area contributed by atoms with Gasteiger partial charge in [0.2, 0.25) is 5.91 Å². The van der Waals surface area contributed by atoms with Gasteiger partial charge >= 0.3 is 6.18 Å². The van der Waals surface area contributed by atoms with E-state index in [-0.39, 0.29) is 27.9 Å². The molecule has 0 radical (unpaired) electrons. The molecule has 1 heterocycles. The molecule has 2 rings (SSSR count). The SMILES string of the molecule is C=C(/C=C(Cl)\C(F)=C/C)c1cc(C2(NC(C)=O)CCC2)cc(C(=C)C(F)(F)F)n1. The smallest absolute Gasteiger partial charge is 0.347 e. The number of carbonyl (C=O) groups excluding carboxylic acids is 1. The molecule has 0 unspecified atom stereocenters. The van der Waals surface area contributed by atoms with Crippen LogP contribution in [0.5, 0.6) is 0 Å². The normalized spacial score (nSPS) is 16.8. The molecule has 0 aliphatic heterocycles. The number of pyridine rings is 1. The van der Waals surface area contributed by atoms with Crippen LogP contribution in [0.3, 0.4) is 0 Å². The summed E-state index contributed by atoms with van der Waals surface area (Å²) in [6, 6.07) is 2.82. The van der Waals surface area contributed by atoms with Crippen LogP contribution in [-0.4, -0.2) is 17.1 Å². The number of hydrogen-bond donors (Lipinski definition) is 1. The summed E-state index contributed by atoms with van der Waals surface area (Å²) in [7, 11) is 0. The summed E-state index contributed by atoms with van der Waals surface area (Å²) < 4.78 is 53.4. The van der Waals surface area contributed by atoms with Gasteiger partial charge in [-0.05, 0) is 55.5 Å². The maximum Gasteiger partial charge on any atom is 0.417 e. The van der Waals surface area contributed by atoms with Gasteiger partial charge in [0.1, 0.15) is 5.83 Å². The third-order valence-corrected chi connectivity index (χ3v) is 5.05. The zero-order chi connectivity index (χ0) is 22.0. The standard InChI is InChI=1S/C21H21ClF4N2O/c1-5-17(23)16(22)9-12(2)18-10-15(20(7-6-8-20)28-14(4)29)11-19(27-18)13(3)21(24,25)26/h5,9-11H,2-3,6-8H2,1,4H3,(H,28,29)/b16-9+,17-5+. The van der Waals surface area contributed by atoms with Crippen LogP contribution >= 0.6 is 11.6 Å². The van der Waals surface area contributed by atoms with Gasteiger partial charge in [-0.3, -0.25) is 4.79 Å². The summed E-state index contributed by atoms with van der Waals surface area (Å²) >= 11 is 5.86. The largest absolute Gasteiger partial charge is 0.417 e. The lowest BCUT2D eigenvalue weighted by Gasteiger charge is -2.43. The van der Waals surface area contributed by atoms with E-state index in [1.165, 1.54) is 26.0 Å². The molecule has 1 amide bonds. The van der Waals surface area contributed by atoms with Crippen molar-refractivity contribution in [2.75, 3.05) is 0 Å². The van der Waals surface area contributed by atoms with Gasteiger partial charge in [-0.1, -0.05) is 30.8 Å². The Bertz CT molecular complexity index is 912. The van der Waals surface area contributed by atoms with E-state index in [1.807, 2.05) is 0 Å². The second-order valence-electron chi connectivity index (χ2n) is 6.87. The Morgan fingerprint density at radius 3 is 2.31 bits per heavy atom. The highest BCUT2D eigenvalue weighted by molar-refractivity contribution is 6.32. The fourth-order valence-corrected chi connectivity index (χ4v) is 3.30. The molecule has 29 heavy (non-hydrogen) atoms. The third kappa shape index (κ3) is 5.15. The van der Waals surface area contributed by atoms with Crippen molar-refractivity contribution in [1.82, 2.24) is 10.3 Å². The van der Waals surface area contributed by atoms with E-state index >= 15 is 0 Å². The van der Waals surface area contributed by atoms with Crippen molar-refractivity contribution in [1.29, 1.82) is 0 Å². The van der Waals surface area contributed by atoms with E-state index in [0.29, 0.717) is 18.4 Å². The van der Waals surface area contributed by atoms with E-state index < -0.39 is 23.1 Å². The fraction of sp³-hybridized carbons (Fsp3) is 0.333. The van der Waals surface area contributed by atoms with E-state index in [9.17, 15) is 22.4 Å². The predicted molar refractivity (Wildman–Crippen MR) is 107 cm³/mol. The summed E-state index contributed by atoms with van der Waals surface area (Å²) in [5.74, 6) is -0.992. The van der Waals surface area contributed by atoms with E-state index in [4.69, 9.17) is 11.6 Å². The first-order chi connectivity index (χ1) is 13.4. The summed E-state index contributed by atoms with van der Waals surface area (Å²) in [4.78, 5) is 15.7. The molecule has 8 heteroatoms.